The van der Waals surface area contributed by atoms with Crippen LogP contribution in [0.15, 0.2) is 35.1 Å². The molecule has 3 aromatic rings. The summed E-state index contributed by atoms with van der Waals surface area (Å²) >= 11 is 15.1. The van der Waals surface area contributed by atoms with Crippen molar-refractivity contribution in [3.8, 4) is 5.75 Å². The Kier molecular flexibility index (Phi) is 14.9. The molecule has 0 aliphatic rings. The number of aromatic amines is 1. The first-order chi connectivity index (χ1) is 15.5. The van der Waals surface area contributed by atoms with Crippen LogP contribution in [0.2, 0.25) is 10.0 Å². The van der Waals surface area contributed by atoms with Crippen molar-refractivity contribution in [2.45, 2.75) is 18.9 Å². The first-order valence-corrected chi connectivity index (χ1v) is 13.1. The third-order valence-electron chi connectivity index (χ3n) is 4.95. The molecule has 0 amide bonds. The van der Waals surface area contributed by atoms with Crippen molar-refractivity contribution < 1.29 is 10.2 Å². The number of hydrogen-bond acceptors (Lipinski definition) is 7. The van der Waals surface area contributed by atoms with Crippen LogP contribution in [0.5, 0.6) is 5.75 Å². The number of nitrogens with one attached hydrogen (secondary N) is 3. The zero-order valence-electron chi connectivity index (χ0n) is 18.3. The Bertz CT molecular complexity index is 1080. The highest BCUT2D eigenvalue weighted by Gasteiger charge is 2.15. The Morgan fingerprint density at radius 2 is 1.85 bits per heavy atom. The van der Waals surface area contributed by atoms with E-state index >= 15 is 0 Å². The van der Waals surface area contributed by atoms with E-state index < -0.39 is 6.10 Å². The van der Waals surface area contributed by atoms with Crippen molar-refractivity contribution in [1.82, 2.24) is 15.6 Å². The van der Waals surface area contributed by atoms with Crippen molar-refractivity contribution in [2.24, 2.45) is 0 Å². The maximum atomic E-state index is 11.6. The van der Waals surface area contributed by atoms with Gasteiger partial charge in [-0.2, -0.15) is 11.8 Å². The minimum atomic E-state index is -0.744. The first kappa shape index (κ1) is 31.4. The molecule has 0 fully saturated rings. The van der Waals surface area contributed by atoms with E-state index in [9.17, 15) is 15.0 Å². The van der Waals surface area contributed by atoms with Gasteiger partial charge in [0.15, 0.2) is 0 Å². The number of H-pyrrole nitrogens is 1. The fourth-order valence-electron chi connectivity index (χ4n) is 3.29. The lowest BCUT2D eigenvalue weighted by molar-refractivity contribution is 0.177. The van der Waals surface area contributed by atoms with E-state index in [0.717, 1.165) is 60.9 Å². The van der Waals surface area contributed by atoms with Crippen molar-refractivity contribution in [2.75, 3.05) is 37.7 Å². The number of aromatic nitrogens is 1. The largest absolute Gasteiger partial charge is 0.506 e. The van der Waals surface area contributed by atoms with E-state index in [0.29, 0.717) is 32.4 Å². The monoisotopic (exact) mass is 587 g/mol. The first-order valence-electron chi connectivity index (χ1n) is 10.4. The summed E-state index contributed by atoms with van der Waals surface area (Å²) < 4.78 is 0.601. The number of halogens is 4. The normalized spacial score (nSPS) is 11.7. The molecule has 34 heavy (non-hydrogen) atoms. The fourth-order valence-corrected chi connectivity index (χ4v) is 5.46. The summed E-state index contributed by atoms with van der Waals surface area (Å²) in [5.74, 6) is 2.03. The van der Waals surface area contributed by atoms with Crippen LogP contribution in [0.4, 0.5) is 0 Å². The van der Waals surface area contributed by atoms with E-state index in [1.54, 1.807) is 12.1 Å². The molecular weight excluding hydrogens is 560 g/mol. The van der Waals surface area contributed by atoms with Crippen LogP contribution < -0.4 is 15.5 Å². The maximum absolute atomic E-state index is 11.6. The molecule has 190 valence electrons. The Morgan fingerprint density at radius 1 is 1.06 bits per heavy atom. The number of hydrogen-bond donors (Lipinski definition) is 5. The molecular formula is C22H29Cl4N3O3S2. The molecule has 5 N–H and O–H groups in total. The standard InChI is InChI=1S/C22H27Cl2N3O3S2.2ClH/c23-16-4-1-3-14(19(16)24)7-9-25-8-2-11-31-12-10-26-13-18(29)15-5-6-17(28)20-21(15)32-22(30)27-20;;/h1,3-6,18,25-26,28-29H,2,7-13H2,(H,27,30);2*1H/t18-;;/m0../s1. The van der Waals surface area contributed by atoms with Crippen LogP contribution in [0.3, 0.4) is 0 Å². The Labute approximate surface area is 229 Å². The quantitative estimate of drug-likeness (QED) is 0.180. The predicted octanol–water partition coefficient (Wildman–Crippen LogP) is 5.02. The van der Waals surface area contributed by atoms with Gasteiger partial charge < -0.3 is 25.8 Å². The zero-order valence-corrected chi connectivity index (χ0v) is 23.1. The second kappa shape index (κ2) is 16.1. The van der Waals surface area contributed by atoms with Crippen molar-refractivity contribution in [3.63, 3.8) is 0 Å². The van der Waals surface area contributed by atoms with Crippen molar-refractivity contribution in [1.29, 1.82) is 0 Å². The summed E-state index contributed by atoms with van der Waals surface area (Å²) in [6, 6.07) is 8.87. The average Bonchev–Trinajstić information content (AvgIpc) is 3.17. The second-order valence-corrected chi connectivity index (χ2v) is 10.3. The molecule has 1 heterocycles. The summed E-state index contributed by atoms with van der Waals surface area (Å²) in [6.07, 6.45) is 1.19. The molecule has 3 rings (SSSR count). The summed E-state index contributed by atoms with van der Waals surface area (Å²) in [5.41, 5.74) is 2.09. The highest BCUT2D eigenvalue weighted by Crippen LogP contribution is 2.31. The van der Waals surface area contributed by atoms with Crippen LogP contribution in [-0.2, 0) is 6.42 Å². The number of rotatable bonds is 13. The number of fused-ring (bicyclic) bond motifs is 1. The number of phenols is 1. The number of aliphatic hydroxyl groups excluding tert-OH is 1. The van der Waals surface area contributed by atoms with Gasteiger partial charge in [-0.15, -0.1) is 24.8 Å². The van der Waals surface area contributed by atoms with Gasteiger partial charge in [-0.3, -0.25) is 4.79 Å². The predicted molar refractivity (Wildman–Crippen MR) is 151 cm³/mol. The van der Waals surface area contributed by atoms with Crippen LogP contribution in [0, 0.1) is 0 Å². The minimum absolute atomic E-state index is 0. The molecule has 0 spiro atoms. The van der Waals surface area contributed by atoms with Gasteiger partial charge in [0.25, 0.3) is 0 Å². The van der Waals surface area contributed by atoms with Crippen LogP contribution in [-0.4, -0.2) is 52.9 Å². The van der Waals surface area contributed by atoms with Gasteiger partial charge in [0, 0.05) is 24.4 Å². The van der Waals surface area contributed by atoms with E-state index in [1.807, 2.05) is 23.9 Å². The lowest BCUT2D eigenvalue weighted by Crippen LogP contribution is -2.24. The van der Waals surface area contributed by atoms with Crippen LogP contribution in [0.1, 0.15) is 23.7 Å². The molecule has 0 radical (unpaired) electrons. The van der Waals surface area contributed by atoms with Crippen molar-refractivity contribution in [3.05, 3.63) is 61.2 Å². The number of thiazole rings is 1. The van der Waals surface area contributed by atoms with Gasteiger partial charge in [-0.1, -0.05) is 52.7 Å². The second-order valence-electron chi connectivity index (χ2n) is 7.29. The summed E-state index contributed by atoms with van der Waals surface area (Å²) in [5, 5.41) is 28.2. The fraction of sp³-hybridized carbons (Fsp3) is 0.409. The smallest absolute Gasteiger partial charge is 0.305 e. The molecule has 0 aliphatic heterocycles. The molecule has 0 bridgehead atoms. The van der Waals surface area contributed by atoms with E-state index in [4.69, 9.17) is 23.2 Å². The molecule has 6 nitrogen and oxygen atoms in total. The van der Waals surface area contributed by atoms with Gasteiger partial charge in [0.05, 0.1) is 20.8 Å². The number of aliphatic hydroxyl groups is 1. The van der Waals surface area contributed by atoms with Gasteiger partial charge in [-0.05, 0) is 49.4 Å². The van der Waals surface area contributed by atoms with Crippen LogP contribution >= 0.6 is 71.1 Å². The molecule has 2 aromatic carbocycles. The van der Waals surface area contributed by atoms with Gasteiger partial charge in [0.1, 0.15) is 11.3 Å². The molecule has 1 atom stereocenters. The van der Waals surface area contributed by atoms with E-state index in [2.05, 4.69) is 15.6 Å². The molecule has 12 heteroatoms. The minimum Gasteiger partial charge on any atom is -0.506 e. The van der Waals surface area contributed by atoms with Gasteiger partial charge in [0.2, 0.25) is 0 Å². The van der Waals surface area contributed by atoms with E-state index in [1.165, 1.54) is 6.07 Å². The van der Waals surface area contributed by atoms with Gasteiger partial charge in [-0.25, -0.2) is 0 Å². The molecule has 0 saturated heterocycles. The van der Waals surface area contributed by atoms with E-state index in [-0.39, 0.29) is 35.4 Å². The number of phenolic OH excluding ortho intramolecular Hbond substituents is 1. The summed E-state index contributed by atoms with van der Waals surface area (Å²) in [7, 11) is 0. The average molecular weight is 589 g/mol. The Morgan fingerprint density at radius 3 is 2.65 bits per heavy atom. The number of aromatic hydroxyl groups is 1. The highest BCUT2D eigenvalue weighted by atomic mass is 35.5. The summed E-state index contributed by atoms with van der Waals surface area (Å²) in [6.45, 7) is 2.99. The maximum Gasteiger partial charge on any atom is 0.305 e. The van der Waals surface area contributed by atoms with Crippen LogP contribution in [0.25, 0.3) is 10.2 Å². The lowest BCUT2D eigenvalue weighted by Gasteiger charge is -2.13. The molecule has 0 saturated carbocycles. The third kappa shape index (κ3) is 9.08. The third-order valence-corrected chi connectivity index (χ3v) is 7.81. The zero-order chi connectivity index (χ0) is 22.9. The molecule has 1 aromatic heterocycles. The Balaban J connectivity index is 0.00000289. The number of thioether (sulfide) groups is 1. The van der Waals surface area contributed by atoms with Crippen molar-refractivity contribution >= 4 is 81.3 Å². The lowest BCUT2D eigenvalue weighted by atomic mass is 10.1. The number of benzene rings is 2. The van der Waals surface area contributed by atoms with Gasteiger partial charge >= 0.3 is 4.87 Å². The highest BCUT2D eigenvalue weighted by molar-refractivity contribution is 7.99. The SMILES string of the molecule is Cl.Cl.O=c1[nH]c2c(O)ccc([C@@H](O)CNCCSCCCNCCc3cccc(Cl)c3Cl)c2s1. The Hall–Kier alpha value is -0.680. The summed E-state index contributed by atoms with van der Waals surface area (Å²) in [4.78, 5) is 13.9. The molecule has 0 aliphatic carbocycles. The topological polar surface area (TPSA) is 97.4 Å². The molecule has 0 unspecified atom stereocenters.